The van der Waals surface area contributed by atoms with Crippen molar-refractivity contribution < 1.29 is 0 Å². The summed E-state index contributed by atoms with van der Waals surface area (Å²) in [6, 6.07) is 2.78. The summed E-state index contributed by atoms with van der Waals surface area (Å²) in [6.45, 7) is 8.09. The third-order valence-electron chi connectivity index (χ3n) is 5.08. The van der Waals surface area contributed by atoms with Crippen LogP contribution in [0.15, 0.2) is 12.3 Å². The van der Waals surface area contributed by atoms with Gasteiger partial charge in [-0.25, -0.2) is 0 Å². The Morgan fingerprint density at radius 3 is 2.53 bits per heavy atom. The van der Waals surface area contributed by atoms with Crippen LogP contribution in [0.2, 0.25) is 0 Å². The first-order chi connectivity index (χ1) is 9.01. The smallest absolute Gasteiger partial charge is 0.0762 e. The lowest BCUT2D eigenvalue weighted by atomic mass is 9.69. The van der Waals surface area contributed by atoms with E-state index in [4.69, 9.17) is 0 Å². The highest BCUT2D eigenvalue weighted by molar-refractivity contribution is 4.98. The van der Waals surface area contributed by atoms with Gasteiger partial charge in [0.2, 0.25) is 0 Å². The van der Waals surface area contributed by atoms with Crippen LogP contribution >= 0.6 is 0 Å². The first-order valence-corrected chi connectivity index (χ1v) is 7.73. The van der Waals surface area contributed by atoms with Crippen molar-refractivity contribution in [3.8, 4) is 0 Å². The van der Waals surface area contributed by atoms with Crippen molar-refractivity contribution in [2.24, 2.45) is 18.4 Å². The Hall–Kier alpha value is -0.830. The molecule has 108 valence electrons. The summed E-state index contributed by atoms with van der Waals surface area (Å²) in [5.74, 6) is 0.908. The highest BCUT2D eigenvalue weighted by atomic mass is 15.3. The summed E-state index contributed by atoms with van der Waals surface area (Å²) in [6.07, 6.45) is 8.70. The molecule has 1 aromatic rings. The summed E-state index contributed by atoms with van der Waals surface area (Å²) in [4.78, 5) is 0. The van der Waals surface area contributed by atoms with E-state index in [1.807, 2.05) is 17.9 Å². The molecule has 1 aliphatic rings. The first-order valence-electron chi connectivity index (χ1n) is 7.73. The van der Waals surface area contributed by atoms with E-state index >= 15 is 0 Å². The van der Waals surface area contributed by atoms with E-state index < -0.39 is 0 Å². The molecule has 0 amide bonds. The molecule has 1 N–H and O–H groups in total. The fourth-order valence-corrected chi connectivity index (χ4v) is 3.17. The zero-order valence-corrected chi connectivity index (χ0v) is 12.9. The summed E-state index contributed by atoms with van der Waals surface area (Å²) in [7, 11) is 1.97. The lowest BCUT2D eigenvalue weighted by Gasteiger charge is -2.39. The Bertz CT molecular complexity index is 386. The van der Waals surface area contributed by atoms with Gasteiger partial charge in [-0.2, -0.15) is 5.10 Å². The van der Waals surface area contributed by atoms with Crippen LogP contribution < -0.4 is 5.32 Å². The van der Waals surface area contributed by atoms with Gasteiger partial charge in [-0.15, -0.1) is 0 Å². The van der Waals surface area contributed by atoms with Crippen molar-refractivity contribution in [3.63, 3.8) is 0 Å². The predicted octanol–water partition coefficient (Wildman–Crippen LogP) is 3.50. The minimum absolute atomic E-state index is 0.520. The molecule has 3 heteroatoms. The molecule has 1 saturated carbocycles. The molecular formula is C16H29N3. The molecule has 0 radical (unpaired) electrons. The molecular weight excluding hydrogens is 234 g/mol. The van der Waals surface area contributed by atoms with Crippen LogP contribution in [0, 0.1) is 11.3 Å². The molecule has 0 saturated heterocycles. The molecule has 0 unspecified atom stereocenters. The maximum Gasteiger partial charge on any atom is 0.0762 e. The molecule has 0 spiro atoms. The molecule has 1 aromatic heterocycles. The molecule has 0 bridgehead atoms. The average molecular weight is 263 g/mol. The topological polar surface area (TPSA) is 29.9 Å². The van der Waals surface area contributed by atoms with E-state index in [0.717, 1.165) is 18.2 Å². The van der Waals surface area contributed by atoms with Crippen molar-refractivity contribution in [2.45, 2.75) is 65.5 Å². The molecule has 19 heavy (non-hydrogen) atoms. The highest BCUT2D eigenvalue weighted by Gasteiger charge is 2.31. The Kier molecular flexibility index (Phi) is 4.67. The van der Waals surface area contributed by atoms with Crippen LogP contribution in [0.1, 0.15) is 58.6 Å². The Labute approximate surface area is 117 Å². The number of hydrogen-bond donors (Lipinski definition) is 1. The van der Waals surface area contributed by atoms with Crippen molar-refractivity contribution in [1.29, 1.82) is 0 Å². The van der Waals surface area contributed by atoms with Crippen LogP contribution in [0.25, 0.3) is 0 Å². The second-order valence-electron chi connectivity index (χ2n) is 6.75. The molecule has 1 heterocycles. The Morgan fingerprint density at radius 2 is 2.00 bits per heavy atom. The van der Waals surface area contributed by atoms with Gasteiger partial charge in [0.05, 0.1) is 5.69 Å². The number of aromatic nitrogens is 2. The zero-order valence-electron chi connectivity index (χ0n) is 12.9. The molecule has 1 aliphatic carbocycles. The average Bonchev–Trinajstić information content (AvgIpc) is 2.83. The Morgan fingerprint density at radius 1 is 1.32 bits per heavy atom. The lowest BCUT2D eigenvalue weighted by molar-refractivity contribution is 0.136. The minimum Gasteiger partial charge on any atom is -0.308 e. The zero-order chi connectivity index (χ0) is 13.9. The SMILES string of the molecule is CCC(C)(C)C1CCC(NCc2ccn(C)n2)CC1. The fourth-order valence-electron chi connectivity index (χ4n) is 3.17. The van der Waals surface area contributed by atoms with Crippen LogP contribution in [0.5, 0.6) is 0 Å². The second-order valence-corrected chi connectivity index (χ2v) is 6.75. The Balaban J connectivity index is 1.74. The summed E-state index contributed by atoms with van der Waals surface area (Å²) in [5.41, 5.74) is 1.67. The van der Waals surface area contributed by atoms with Gasteiger partial charge < -0.3 is 5.32 Å². The van der Waals surface area contributed by atoms with E-state index in [1.165, 1.54) is 32.1 Å². The molecule has 1 fully saturated rings. The van der Waals surface area contributed by atoms with Crippen LogP contribution in [-0.4, -0.2) is 15.8 Å². The van der Waals surface area contributed by atoms with Gasteiger partial charge >= 0.3 is 0 Å². The first kappa shape index (κ1) is 14.6. The van der Waals surface area contributed by atoms with Gasteiger partial charge in [-0.05, 0) is 43.1 Å². The molecule has 0 aromatic carbocycles. The van der Waals surface area contributed by atoms with Gasteiger partial charge in [0.1, 0.15) is 0 Å². The fraction of sp³-hybridized carbons (Fsp3) is 0.812. The van der Waals surface area contributed by atoms with E-state index in [1.54, 1.807) is 0 Å². The molecule has 3 nitrogen and oxygen atoms in total. The number of hydrogen-bond acceptors (Lipinski definition) is 2. The van der Waals surface area contributed by atoms with E-state index in [9.17, 15) is 0 Å². The van der Waals surface area contributed by atoms with Crippen molar-refractivity contribution in [1.82, 2.24) is 15.1 Å². The lowest BCUT2D eigenvalue weighted by Crippen LogP contribution is -2.36. The standard InChI is InChI=1S/C16H29N3/c1-5-16(2,3)13-6-8-14(9-7-13)17-12-15-10-11-19(4)18-15/h10-11,13-14,17H,5-9,12H2,1-4H3. The van der Waals surface area contributed by atoms with E-state index in [0.29, 0.717) is 11.5 Å². The third-order valence-corrected chi connectivity index (χ3v) is 5.08. The van der Waals surface area contributed by atoms with Crippen LogP contribution in [-0.2, 0) is 13.6 Å². The number of nitrogens with one attached hydrogen (secondary N) is 1. The van der Waals surface area contributed by atoms with Gasteiger partial charge in [-0.3, -0.25) is 4.68 Å². The maximum atomic E-state index is 4.42. The molecule has 0 atom stereocenters. The minimum atomic E-state index is 0.520. The monoisotopic (exact) mass is 263 g/mol. The van der Waals surface area contributed by atoms with Crippen LogP contribution in [0.3, 0.4) is 0 Å². The molecule has 0 aliphatic heterocycles. The number of aryl methyl sites for hydroxylation is 1. The summed E-state index contributed by atoms with van der Waals surface area (Å²) < 4.78 is 1.87. The predicted molar refractivity (Wildman–Crippen MR) is 79.9 cm³/mol. The normalized spacial score (nSPS) is 24.6. The number of rotatable bonds is 5. The summed E-state index contributed by atoms with van der Waals surface area (Å²) >= 11 is 0. The van der Waals surface area contributed by atoms with Crippen molar-refractivity contribution >= 4 is 0 Å². The summed E-state index contributed by atoms with van der Waals surface area (Å²) in [5, 5.41) is 8.08. The van der Waals surface area contributed by atoms with Crippen molar-refractivity contribution in [2.75, 3.05) is 0 Å². The van der Waals surface area contributed by atoms with Crippen molar-refractivity contribution in [3.05, 3.63) is 18.0 Å². The van der Waals surface area contributed by atoms with Gasteiger partial charge in [0.25, 0.3) is 0 Å². The highest BCUT2D eigenvalue weighted by Crippen LogP contribution is 2.40. The third kappa shape index (κ3) is 3.82. The van der Waals surface area contributed by atoms with E-state index in [2.05, 4.69) is 37.3 Å². The van der Waals surface area contributed by atoms with Gasteiger partial charge in [0, 0.05) is 25.8 Å². The largest absolute Gasteiger partial charge is 0.308 e. The second kappa shape index (κ2) is 6.08. The van der Waals surface area contributed by atoms with Gasteiger partial charge in [-0.1, -0.05) is 27.2 Å². The number of nitrogens with zero attached hydrogens (tertiary/aromatic N) is 2. The van der Waals surface area contributed by atoms with Gasteiger partial charge in [0.15, 0.2) is 0 Å². The molecule has 2 rings (SSSR count). The van der Waals surface area contributed by atoms with Crippen LogP contribution in [0.4, 0.5) is 0 Å². The maximum absolute atomic E-state index is 4.42. The van der Waals surface area contributed by atoms with E-state index in [-0.39, 0.29) is 0 Å². The quantitative estimate of drug-likeness (QED) is 0.881.